The summed E-state index contributed by atoms with van der Waals surface area (Å²) in [4.78, 5) is 0. The summed E-state index contributed by atoms with van der Waals surface area (Å²) in [6.07, 6.45) is 1.15. The first-order valence-electron chi connectivity index (χ1n) is 6.81. The van der Waals surface area contributed by atoms with Gasteiger partial charge in [0.25, 0.3) is 0 Å². The van der Waals surface area contributed by atoms with Gasteiger partial charge in [-0.15, -0.1) is 0 Å². The fraction of sp³-hybridized carbons (Fsp3) is 0.294. The van der Waals surface area contributed by atoms with Gasteiger partial charge in [0, 0.05) is 12.0 Å². The molecule has 2 heteroatoms. The molecule has 1 fully saturated rings. The summed E-state index contributed by atoms with van der Waals surface area (Å²) in [5, 5.41) is 3.62. The van der Waals surface area contributed by atoms with Crippen LogP contribution >= 0.6 is 0 Å². The first kappa shape index (κ1) is 12.2. The lowest BCUT2D eigenvalue weighted by Gasteiger charge is -2.22. The van der Waals surface area contributed by atoms with Crippen LogP contribution in [0.4, 0.5) is 0 Å². The minimum Gasteiger partial charge on any atom is -0.496 e. The number of methoxy groups -OCH3 is 1. The Bertz CT molecular complexity index is 538. The Balaban J connectivity index is 1.95. The van der Waals surface area contributed by atoms with Gasteiger partial charge in [0.1, 0.15) is 5.75 Å². The molecule has 2 nitrogen and oxygen atoms in total. The van der Waals surface area contributed by atoms with Crippen molar-refractivity contribution in [3.63, 3.8) is 0 Å². The van der Waals surface area contributed by atoms with E-state index < -0.39 is 0 Å². The summed E-state index contributed by atoms with van der Waals surface area (Å²) in [7, 11) is 1.75. The zero-order valence-electron chi connectivity index (χ0n) is 11.2. The highest BCUT2D eigenvalue weighted by molar-refractivity contribution is 5.39. The van der Waals surface area contributed by atoms with Crippen LogP contribution in [0.5, 0.6) is 5.75 Å². The highest BCUT2D eigenvalue weighted by atomic mass is 16.5. The summed E-state index contributed by atoms with van der Waals surface area (Å²) in [6, 6.07) is 19.4. The van der Waals surface area contributed by atoms with E-state index in [9.17, 15) is 0 Å². The van der Waals surface area contributed by atoms with Crippen LogP contribution in [0.2, 0.25) is 0 Å². The van der Waals surface area contributed by atoms with Gasteiger partial charge in [0.15, 0.2) is 0 Å². The number of benzene rings is 2. The van der Waals surface area contributed by atoms with Gasteiger partial charge < -0.3 is 10.1 Å². The van der Waals surface area contributed by atoms with Crippen molar-refractivity contribution in [1.82, 2.24) is 5.32 Å². The molecule has 0 amide bonds. The van der Waals surface area contributed by atoms with E-state index in [-0.39, 0.29) is 0 Å². The minimum absolute atomic E-state index is 0.387. The Morgan fingerprint density at radius 3 is 2.53 bits per heavy atom. The van der Waals surface area contributed by atoms with Gasteiger partial charge in [-0.1, -0.05) is 48.5 Å². The van der Waals surface area contributed by atoms with E-state index in [1.165, 1.54) is 11.1 Å². The molecule has 1 aliphatic heterocycles. The van der Waals surface area contributed by atoms with E-state index >= 15 is 0 Å². The molecule has 0 spiro atoms. The van der Waals surface area contributed by atoms with Crippen molar-refractivity contribution in [2.75, 3.05) is 13.7 Å². The molecule has 2 unspecified atom stereocenters. The average molecular weight is 253 g/mol. The second-order valence-corrected chi connectivity index (χ2v) is 4.98. The van der Waals surface area contributed by atoms with E-state index in [0.717, 1.165) is 18.7 Å². The van der Waals surface area contributed by atoms with Crippen molar-refractivity contribution < 1.29 is 4.74 Å². The number of rotatable bonds is 3. The average Bonchev–Trinajstić information content (AvgIpc) is 2.97. The number of para-hydroxylation sites is 1. The molecule has 1 aliphatic rings. The topological polar surface area (TPSA) is 21.3 Å². The van der Waals surface area contributed by atoms with E-state index in [1.54, 1.807) is 7.11 Å². The number of hydrogen-bond acceptors (Lipinski definition) is 2. The van der Waals surface area contributed by atoms with Crippen molar-refractivity contribution in [2.24, 2.45) is 0 Å². The lowest BCUT2D eigenvalue weighted by molar-refractivity contribution is 0.402. The van der Waals surface area contributed by atoms with Gasteiger partial charge in [-0.3, -0.25) is 0 Å². The maximum absolute atomic E-state index is 5.51. The van der Waals surface area contributed by atoms with Gasteiger partial charge >= 0.3 is 0 Å². The Morgan fingerprint density at radius 2 is 1.74 bits per heavy atom. The molecule has 19 heavy (non-hydrogen) atoms. The smallest absolute Gasteiger partial charge is 0.122 e. The second kappa shape index (κ2) is 5.45. The third kappa shape index (κ3) is 2.36. The molecule has 0 aromatic heterocycles. The first-order chi connectivity index (χ1) is 9.40. The van der Waals surface area contributed by atoms with E-state index in [0.29, 0.717) is 12.0 Å². The van der Waals surface area contributed by atoms with Gasteiger partial charge in [0.05, 0.1) is 7.11 Å². The SMILES string of the molecule is COc1ccccc1C1CCNC1c1ccccc1. The first-order valence-corrected chi connectivity index (χ1v) is 6.81. The zero-order chi connectivity index (χ0) is 13.1. The van der Waals surface area contributed by atoms with Crippen molar-refractivity contribution >= 4 is 0 Å². The van der Waals surface area contributed by atoms with Crippen LogP contribution in [0.15, 0.2) is 54.6 Å². The van der Waals surface area contributed by atoms with Crippen molar-refractivity contribution in [3.05, 3.63) is 65.7 Å². The van der Waals surface area contributed by atoms with Crippen molar-refractivity contribution in [2.45, 2.75) is 18.4 Å². The molecule has 1 N–H and O–H groups in total. The molecule has 2 aromatic carbocycles. The van der Waals surface area contributed by atoms with Gasteiger partial charge in [-0.25, -0.2) is 0 Å². The van der Waals surface area contributed by atoms with Crippen LogP contribution in [-0.2, 0) is 0 Å². The molecule has 0 saturated carbocycles. The quantitative estimate of drug-likeness (QED) is 0.903. The summed E-state index contributed by atoms with van der Waals surface area (Å²) >= 11 is 0. The van der Waals surface area contributed by atoms with Crippen molar-refractivity contribution in [1.29, 1.82) is 0 Å². The molecular formula is C17H19NO. The molecule has 1 saturated heterocycles. The highest BCUT2D eigenvalue weighted by Gasteiger charge is 2.30. The Kier molecular flexibility index (Phi) is 3.51. The van der Waals surface area contributed by atoms with Gasteiger partial charge in [-0.05, 0) is 30.2 Å². The second-order valence-electron chi connectivity index (χ2n) is 4.98. The molecule has 98 valence electrons. The monoisotopic (exact) mass is 253 g/mol. The maximum atomic E-state index is 5.51. The van der Waals surface area contributed by atoms with Crippen LogP contribution in [0.1, 0.15) is 29.5 Å². The number of ether oxygens (including phenoxy) is 1. The third-order valence-corrected chi connectivity index (χ3v) is 3.92. The fourth-order valence-electron chi connectivity index (χ4n) is 3.02. The molecule has 2 aromatic rings. The number of nitrogens with one attached hydrogen (secondary N) is 1. The van der Waals surface area contributed by atoms with Crippen LogP contribution in [0.25, 0.3) is 0 Å². The Hall–Kier alpha value is -1.80. The Labute approximate surface area is 114 Å². The minimum atomic E-state index is 0.387. The highest BCUT2D eigenvalue weighted by Crippen LogP contribution is 2.41. The molecule has 3 rings (SSSR count). The normalized spacial score (nSPS) is 22.4. The third-order valence-electron chi connectivity index (χ3n) is 3.92. The molecule has 2 atom stereocenters. The lowest BCUT2D eigenvalue weighted by Crippen LogP contribution is -2.17. The van der Waals surface area contributed by atoms with Crippen LogP contribution in [0.3, 0.4) is 0 Å². The largest absolute Gasteiger partial charge is 0.496 e. The van der Waals surface area contributed by atoms with Crippen LogP contribution in [0, 0.1) is 0 Å². The van der Waals surface area contributed by atoms with E-state index in [2.05, 4.69) is 53.8 Å². The summed E-state index contributed by atoms with van der Waals surface area (Å²) in [5.74, 6) is 1.48. The van der Waals surface area contributed by atoms with E-state index in [1.807, 2.05) is 6.07 Å². The van der Waals surface area contributed by atoms with Gasteiger partial charge in [-0.2, -0.15) is 0 Å². The zero-order valence-corrected chi connectivity index (χ0v) is 11.2. The maximum Gasteiger partial charge on any atom is 0.122 e. The molecular weight excluding hydrogens is 234 g/mol. The van der Waals surface area contributed by atoms with Crippen molar-refractivity contribution in [3.8, 4) is 5.75 Å². The molecule has 0 radical (unpaired) electrons. The number of hydrogen-bond donors (Lipinski definition) is 1. The fourth-order valence-corrected chi connectivity index (χ4v) is 3.02. The molecule has 0 bridgehead atoms. The lowest BCUT2D eigenvalue weighted by atomic mass is 9.87. The summed E-state index contributed by atoms with van der Waals surface area (Å²) in [5.41, 5.74) is 2.67. The predicted molar refractivity (Wildman–Crippen MR) is 77.5 cm³/mol. The van der Waals surface area contributed by atoms with Crippen LogP contribution in [-0.4, -0.2) is 13.7 Å². The predicted octanol–water partition coefficient (Wildman–Crippen LogP) is 3.51. The van der Waals surface area contributed by atoms with Crippen LogP contribution < -0.4 is 10.1 Å². The summed E-state index contributed by atoms with van der Waals surface area (Å²) < 4.78 is 5.51. The van der Waals surface area contributed by atoms with E-state index in [4.69, 9.17) is 4.74 Å². The van der Waals surface area contributed by atoms with Gasteiger partial charge in [0.2, 0.25) is 0 Å². The summed E-state index contributed by atoms with van der Waals surface area (Å²) in [6.45, 7) is 1.06. The molecule has 0 aliphatic carbocycles. The Morgan fingerprint density at radius 1 is 1.00 bits per heavy atom. The molecule has 1 heterocycles. The standard InChI is InChI=1S/C17H19NO/c1-19-16-10-6-5-9-14(16)15-11-12-18-17(15)13-7-3-2-4-8-13/h2-10,15,17-18H,11-12H2,1H3.